The maximum atomic E-state index is 15.4. The van der Waals surface area contributed by atoms with E-state index in [4.69, 9.17) is 14.2 Å². The molecule has 0 N–H and O–H groups in total. The van der Waals surface area contributed by atoms with Gasteiger partial charge in [0.05, 0.1) is 10.8 Å². The average Bonchev–Trinajstić information content (AvgIpc) is 1.56. The molecule has 93 heavy (non-hydrogen) atoms. The van der Waals surface area contributed by atoms with Crippen LogP contribution in [0.3, 0.4) is 0 Å². The van der Waals surface area contributed by atoms with Gasteiger partial charge in [-0.3, -0.25) is 0 Å². The van der Waals surface area contributed by atoms with Crippen LogP contribution in [0.4, 0.5) is 25.8 Å². The predicted octanol–water partition coefficient (Wildman–Crippen LogP) is 23.0. The van der Waals surface area contributed by atoms with Gasteiger partial charge < -0.3 is 19.1 Å². The Labute approximate surface area is 542 Å². The molecule has 0 saturated heterocycles. The zero-order valence-electron chi connectivity index (χ0n) is 51.8. The minimum absolute atomic E-state index is 0.251. The van der Waals surface area contributed by atoms with Gasteiger partial charge in [0.2, 0.25) is 0 Å². The molecule has 0 bridgehead atoms. The zero-order valence-corrected chi connectivity index (χ0v) is 51.8. The van der Waals surface area contributed by atoms with Crippen molar-refractivity contribution in [1.29, 1.82) is 0 Å². The van der Waals surface area contributed by atoms with Crippen molar-refractivity contribution in [2.45, 2.75) is 42.9 Å². The van der Waals surface area contributed by atoms with Crippen molar-refractivity contribution in [3.05, 3.63) is 395 Å². The summed E-state index contributed by atoms with van der Waals surface area (Å²) in [6.07, 6.45) is 17.0. The van der Waals surface area contributed by atoms with Crippen LogP contribution in [0, 0.1) is 11.6 Å². The highest BCUT2D eigenvalue weighted by Crippen LogP contribution is 2.61. The second-order valence-corrected chi connectivity index (χ2v) is 24.6. The van der Waals surface area contributed by atoms with Crippen LogP contribution in [0.5, 0.6) is 28.7 Å². The normalized spacial score (nSPS) is 17.1. The van der Waals surface area contributed by atoms with E-state index in [-0.39, 0.29) is 17.0 Å². The molecule has 2 unspecified atom stereocenters. The number of allylic oxidation sites excluding steroid dienone is 9. The number of hydrogen-bond acceptors (Lipinski definition) is 4. The zero-order chi connectivity index (χ0) is 63.4. The van der Waals surface area contributed by atoms with E-state index >= 15 is 8.78 Å². The lowest BCUT2D eigenvalue weighted by molar-refractivity contribution is 0.418. The molecular formula is C87H65F2NO3. The molecule has 3 aliphatic carbocycles. The summed E-state index contributed by atoms with van der Waals surface area (Å²) in [4.78, 5) is 2.36. The molecule has 2 atom stereocenters. The van der Waals surface area contributed by atoms with Gasteiger partial charge in [0.15, 0.2) is 0 Å². The van der Waals surface area contributed by atoms with Gasteiger partial charge in [-0.15, -0.1) is 0 Å². The van der Waals surface area contributed by atoms with Crippen LogP contribution < -0.4 is 19.1 Å². The summed E-state index contributed by atoms with van der Waals surface area (Å²) >= 11 is 0. The van der Waals surface area contributed by atoms with Gasteiger partial charge in [-0.05, 0) is 218 Å². The summed E-state index contributed by atoms with van der Waals surface area (Å²) in [5.41, 5.74) is 18.8. The molecule has 11 aromatic carbocycles. The SMILES string of the molecule is C=C/C=C/C=C(\C=C)Oc1ccc(C2(c3ccc(F)cc3)C3=C(CCC=C3)c3ccc(N(c4ccc(-c5ccc6c(c5)Oc5ccccc5C6(C)C)cc4)c4ccc5c(c4)C(c4ccc(F)cc4)(c4ccc(Oc6ccc(C=C)cc6)cc4)c4ccccc4-5)cc32)cc1. The second-order valence-electron chi connectivity index (χ2n) is 24.6. The Morgan fingerprint density at radius 3 is 1.67 bits per heavy atom. The summed E-state index contributed by atoms with van der Waals surface area (Å²) in [6, 6.07) is 84.5. The van der Waals surface area contributed by atoms with E-state index in [1.165, 1.54) is 5.57 Å². The van der Waals surface area contributed by atoms with Crippen LogP contribution in [-0.4, -0.2) is 0 Å². The molecule has 11 aromatic rings. The lowest BCUT2D eigenvalue weighted by Gasteiger charge is -2.37. The van der Waals surface area contributed by atoms with Crippen molar-refractivity contribution in [3.63, 3.8) is 0 Å². The van der Waals surface area contributed by atoms with E-state index in [1.54, 1.807) is 36.4 Å². The Balaban J connectivity index is 0.924. The molecule has 450 valence electrons. The third-order valence-corrected chi connectivity index (χ3v) is 19.2. The van der Waals surface area contributed by atoms with E-state index in [1.807, 2.05) is 109 Å². The smallest absolute Gasteiger partial charge is 0.132 e. The van der Waals surface area contributed by atoms with Crippen LogP contribution in [-0.2, 0) is 16.2 Å². The highest BCUT2D eigenvalue weighted by atomic mass is 19.1. The molecular weight excluding hydrogens is 1140 g/mol. The van der Waals surface area contributed by atoms with Crippen molar-refractivity contribution in [1.82, 2.24) is 0 Å². The monoisotopic (exact) mass is 1210 g/mol. The summed E-state index contributed by atoms with van der Waals surface area (Å²) in [5, 5.41) is 0. The summed E-state index contributed by atoms with van der Waals surface area (Å²) in [6.45, 7) is 16.2. The predicted molar refractivity (Wildman–Crippen MR) is 375 cm³/mol. The largest absolute Gasteiger partial charge is 0.457 e. The number of hydrogen-bond donors (Lipinski definition) is 0. The number of halogens is 2. The van der Waals surface area contributed by atoms with Gasteiger partial charge in [-0.25, -0.2) is 8.78 Å². The van der Waals surface area contributed by atoms with E-state index in [0.29, 0.717) is 23.0 Å². The maximum absolute atomic E-state index is 15.4. The van der Waals surface area contributed by atoms with E-state index in [9.17, 15) is 0 Å². The van der Waals surface area contributed by atoms with Gasteiger partial charge in [-0.1, -0.05) is 210 Å². The number of ether oxygens (including phenoxy) is 3. The molecule has 0 fully saturated rings. The van der Waals surface area contributed by atoms with Crippen molar-refractivity contribution in [2.75, 3.05) is 4.90 Å². The quantitative estimate of drug-likeness (QED) is 0.0713. The number of rotatable bonds is 16. The fourth-order valence-electron chi connectivity index (χ4n) is 14.8. The van der Waals surface area contributed by atoms with Gasteiger partial charge in [-0.2, -0.15) is 0 Å². The van der Waals surface area contributed by atoms with Gasteiger partial charge >= 0.3 is 0 Å². The van der Waals surface area contributed by atoms with Gasteiger partial charge in [0.1, 0.15) is 46.1 Å². The highest BCUT2D eigenvalue weighted by molar-refractivity contribution is 5.93. The first-order valence-electron chi connectivity index (χ1n) is 31.5. The summed E-state index contributed by atoms with van der Waals surface area (Å²) in [7, 11) is 0. The third-order valence-electron chi connectivity index (χ3n) is 19.2. The Morgan fingerprint density at radius 1 is 0.484 bits per heavy atom. The minimum atomic E-state index is -0.912. The van der Waals surface area contributed by atoms with Crippen LogP contribution >= 0.6 is 0 Å². The van der Waals surface area contributed by atoms with E-state index in [2.05, 4.69) is 190 Å². The highest BCUT2D eigenvalue weighted by Gasteiger charge is 2.49. The van der Waals surface area contributed by atoms with Crippen LogP contribution in [0.2, 0.25) is 0 Å². The lowest BCUT2D eigenvalue weighted by Crippen LogP contribution is -2.30. The van der Waals surface area contributed by atoms with Gasteiger partial charge in [0.25, 0.3) is 0 Å². The molecule has 15 rings (SSSR count). The third kappa shape index (κ3) is 9.80. The van der Waals surface area contributed by atoms with Crippen molar-refractivity contribution < 1.29 is 23.0 Å². The fraction of sp³-hybridized carbons (Fsp3) is 0.0805. The van der Waals surface area contributed by atoms with E-state index < -0.39 is 10.8 Å². The molecule has 4 aliphatic rings. The minimum Gasteiger partial charge on any atom is -0.457 e. The number of nitrogens with zero attached hydrogens (tertiary/aromatic N) is 1. The standard InChI is InChI=1S/C87H65F2NO3/c1-6-9-10-17-69(8-3)91-71-47-33-62(34-48-71)86(60-29-37-64(88)38-30-60)77-20-13-11-18-73(77)75-51-43-67(55-81(75)86)90(66-41-26-58(27-42-66)59-28-53-80-84(54-59)93-83-23-16-15-22-79(83)85(80,4)5)68-44-52-76-74-19-12-14-21-78(74)87(82(76)56-68,61-31-39-65(89)40-32-61)63-35-49-72(50-36-63)92-70-45-24-57(7-2)25-46-70/h6-10,12-17,19-56H,1-3,11,18H2,4-5H3/b10-9+,69-17+. The Kier molecular flexibility index (Phi) is 14.7. The van der Waals surface area contributed by atoms with Crippen LogP contribution in [0.1, 0.15) is 87.9 Å². The molecule has 0 amide bonds. The average molecular weight is 1210 g/mol. The maximum Gasteiger partial charge on any atom is 0.132 e. The number of anilines is 3. The molecule has 6 heteroatoms. The Hall–Kier alpha value is -11.3. The topological polar surface area (TPSA) is 30.9 Å². The lowest BCUT2D eigenvalue weighted by atomic mass is 9.66. The van der Waals surface area contributed by atoms with Crippen molar-refractivity contribution in [2.24, 2.45) is 0 Å². The number of benzene rings is 11. The molecule has 0 saturated carbocycles. The van der Waals surface area contributed by atoms with Crippen LogP contribution in [0.15, 0.2) is 322 Å². The first-order valence-corrected chi connectivity index (χ1v) is 31.5. The molecule has 0 aromatic heterocycles. The van der Waals surface area contributed by atoms with Crippen molar-refractivity contribution >= 4 is 28.7 Å². The second kappa shape index (κ2) is 23.5. The molecule has 4 nitrogen and oxygen atoms in total. The molecule has 0 radical (unpaired) electrons. The summed E-state index contributed by atoms with van der Waals surface area (Å²) in [5.74, 6) is 3.71. The van der Waals surface area contributed by atoms with E-state index in [0.717, 1.165) is 130 Å². The number of para-hydroxylation sites is 1. The fourth-order valence-corrected chi connectivity index (χ4v) is 14.8. The first-order chi connectivity index (χ1) is 45.5. The molecule has 1 aliphatic heterocycles. The Morgan fingerprint density at radius 2 is 1.02 bits per heavy atom. The van der Waals surface area contributed by atoms with Crippen molar-refractivity contribution in [3.8, 4) is 51.0 Å². The van der Waals surface area contributed by atoms with Gasteiger partial charge in [0, 0.05) is 33.6 Å². The number of fused-ring (bicyclic) bond motifs is 7. The molecule has 0 spiro atoms. The summed E-state index contributed by atoms with van der Waals surface area (Å²) < 4.78 is 50.3. The molecule has 1 heterocycles. The van der Waals surface area contributed by atoms with Crippen LogP contribution in [0.25, 0.3) is 33.9 Å². The first kappa shape index (κ1) is 58.1. The Bertz CT molecular complexity index is 4900.